The molecule has 0 saturated carbocycles. The summed E-state index contributed by atoms with van der Waals surface area (Å²) < 4.78 is 26.2. The van der Waals surface area contributed by atoms with Gasteiger partial charge in [-0.1, -0.05) is 36.4 Å². The van der Waals surface area contributed by atoms with Crippen LogP contribution in [0.1, 0.15) is 5.56 Å². The van der Waals surface area contributed by atoms with Gasteiger partial charge in [0.25, 0.3) is 15.6 Å². The number of benzene rings is 2. The first-order valence-electron chi connectivity index (χ1n) is 6.52. The average Bonchev–Trinajstić information content (AvgIpc) is 2.68. The van der Waals surface area contributed by atoms with E-state index < -0.39 is 15.6 Å². The zero-order valence-electron chi connectivity index (χ0n) is 11.2. The molecular formula is C16H11NO3S. The van der Waals surface area contributed by atoms with E-state index in [-0.39, 0.29) is 4.90 Å². The standard InChI is InChI=1S/C16H11NO3S/c1-10-5-4-6-11-9-13-12-7-2-3-8-14(12)21(19,20)17(13)16(18)15(10)11/h2-9H,1H3. The number of hydrogen-bond acceptors (Lipinski definition) is 3. The Kier molecular flexibility index (Phi) is 2.25. The molecule has 0 radical (unpaired) electrons. The summed E-state index contributed by atoms with van der Waals surface area (Å²) in [6.45, 7) is 1.81. The van der Waals surface area contributed by atoms with Crippen LogP contribution in [0.15, 0.2) is 58.2 Å². The highest BCUT2D eigenvalue weighted by Gasteiger charge is 2.33. The van der Waals surface area contributed by atoms with Gasteiger partial charge in [0.15, 0.2) is 0 Å². The maximum Gasteiger partial charge on any atom is 0.273 e. The van der Waals surface area contributed by atoms with Crippen molar-refractivity contribution < 1.29 is 8.42 Å². The molecule has 4 nitrogen and oxygen atoms in total. The molecule has 21 heavy (non-hydrogen) atoms. The Hall–Kier alpha value is -2.40. The number of pyridine rings is 1. The van der Waals surface area contributed by atoms with Crippen molar-refractivity contribution in [3.05, 3.63) is 64.4 Å². The maximum absolute atomic E-state index is 12.7. The van der Waals surface area contributed by atoms with Crippen LogP contribution >= 0.6 is 0 Å². The first-order valence-corrected chi connectivity index (χ1v) is 7.96. The van der Waals surface area contributed by atoms with Gasteiger partial charge in [-0.3, -0.25) is 4.79 Å². The Balaban J connectivity index is 2.31. The molecule has 2 heterocycles. The molecule has 0 unspecified atom stereocenters. The van der Waals surface area contributed by atoms with Gasteiger partial charge in [-0.05, 0) is 30.0 Å². The van der Waals surface area contributed by atoms with E-state index in [2.05, 4.69) is 0 Å². The largest absolute Gasteiger partial charge is 0.273 e. The van der Waals surface area contributed by atoms with Crippen LogP contribution in [0.2, 0.25) is 0 Å². The highest BCUT2D eigenvalue weighted by Crippen LogP contribution is 2.37. The molecule has 0 atom stereocenters. The van der Waals surface area contributed by atoms with Crippen molar-refractivity contribution in [2.75, 3.05) is 0 Å². The Bertz CT molecular complexity index is 1080. The summed E-state index contributed by atoms with van der Waals surface area (Å²) in [6, 6.07) is 14.0. The second kappa shape index (κ2) is 3.83. The molecule has 5 heteroatoms. The Morgan fingerprint density at radius 1 is 1.00 bits per heavy atom. The van der Waals surface area contributed by atoms with E-state index in [0.29, 0.717) is 16.6 Å². The van der Waals surface area contributed by atoms with E-state index in [1.807, 2.05) is 25.1 Å². The molecule has 0 saturated heterocycles. The normalized spacial score (nSPS) is 14.9. The lowest BCUT2D eigenvalue weighted by atomic mass is 10.0. The predicted molar refractivity (Wildman–Crippen MR) is 81.0 cm³/mol. The molecule has 0 fully saturated rings. The first-order chi connectivity index (χ1) is 10.0. The van der Waals surface area contributed by atoms with Crippen molar-refractivity contribution in [2.45, 2.75) is 11.8 Å². The van der Waals surface area contributed by atoms with Crippen molar-refractivity contribution in [1.29, 1.82) is 0 Å². The van der Waals surface area contributed by atoms with E-state index >= 15 is 0 Å². The van der Waals surface area contributed by atoms with Crippen LogP contribution < -0.4 is 5.56 Å². The van der Waals surface area contributed by atoms with Crippen LogP contribution in [-0.4, -0.2) is 12.4 Å². The van der Waals surface area contributed by atoms with Crippen LogP contribution in [0.4, 0.5) is 0 Å². The van der Waals surface area contributed by atoms with Gasteiger partial charge in [0.2, 0.25) is 0 Å². The SMILES string of the molecule is Cc1cccc2cc3n(c(=O)c12)S(=O)(=O)c1ccccc1-3. The Morgan fingerprint density at radius 3 is 2.57 bits per heavy atom. The zero-order valence-corrected chi connectivity index (χ0v) is 12.0. The van der Waals surface area contributed by atoms with Gasteiger partial charge in [0.05, 0.1) is 16.0 Å². The predicted octanol–water partition coefficient (Wildman–Crippen LogP) is 2.53. The minimum absolute atomic E-state index is 0.190. The molecule has 2 aromatic carbocycles. The quantitative estimate of drug-likeness (QED) is 0.501. The van der Waals surface area contributed by atoms with E-state index in [1.54, 1.807) is 24.3 Å². The van der Waals surface area contributed by atoms with Crippen LogP contribution in [0.3, 0.4) is 0 Å². The average molecular weight is 297 g/mol. The monoisotopic (exact) mass is 297 g/mol. The molecule has 1 aromatic heterocycles. The van der Waals surface area contributed by atoms with E-state index in [0.717, 1.165) is 14.9 Å². The minimum Gasteiger partial charge on any atom is -0.268 e. The number of hydrogen-bond donors (Lipinski definition) is 0. The number of rotatable bonds is 0. The fourth-order valence-electron chi connectivity index (χ4n) is 2.95. The summed E-state index contributed by atoms with van der Waals surface area (Å²) >= 11 is 0. The van der Waals surface area contributed by atoms with Crippen molar-refractivity contribution in [3.8, 4) is 11.3 Å². The molecule has 0 bridgehead atoms. The van der Waals surface area contributed by atoms with Crippen LogP contribution in [0.5, 0.6) is 0 Å². The number of aromatic nitrogens is 1. The Labute approximate surface area is 121 Å². The third-order valence-electron chi connectivity index (χ3n) is 3.90. The molecule has 4 rings (SSSR count). The molecule has 3 aromatic rings. The lowest BCUT2D eigenvalue weighted by Gasteiger charge is -2.07. The van der Waals surface area contributed by atoms with Crippen LogP contribution in [0.25, 0.3) is 22.0 Å². The zero-order chi connectivity index (χ0) is 14.8. The van der Waals surface area contributed by atoms with E-state index in [1.165, 1.54) is 6.07 Å². The van der Waals surface area contributed by atoms with Crippen LogP contribution in [0, 0.1) is 6.92 Å². The van der Waals surface area contributed by atoms with E-state index in [4.69, 9.17) is 0 Å². The molecule has 0 amide bonds. The van der Waals surface area contributed by atoms with E-state index in [9.17, 15) is 13.2 Å². The van der Waals surface area contributed by atoms with Gasteiger partial charge in [-0.2, -0.15) is 3.97 Å². The molecule has 0 N–H and O–H groups in total. The Morgan fingerprint density at radius 2 is 1.76 bits per heavy atom. The van der Waals surface area contributed by atoms with Gasteiger partial charge in [0, 0.05) is 5.56 Å². The van der Waals surface area contributed by atoms with Crippen molar-refractivity contribution in [3.63, 3.8) is 0 Å². The molecule has 104 valence electrons. The van der Waals surface area contributed by atoms with Gasteiger partial charge in [-0.15, -0.1) is 0 Å². The molecule has 1 aliphatic rings. The lowest BCUT2D eigenvalue weighted by Crippen LogP contribution is -2.25. The third kappa shape index (κ3) is 1.44. The summed E-state index contributed by atoms with van der Waals surface area (Å²) in [5.74, 6) is 0. The van der Waals surface area contributed by atoms with Gasteiger partial charge < -0.3 is 0 Å². The van der Waals surface area contributed by atoms with Gasteiger partial charge in [0.1, 0.15) is 0 Å². The minimum atomic E-state index is -3.80. The summed E-state index contributed by atoms with van der Waals surface area (Å²) in [4.78, 5) is 12.9. The molecule has 0 aliphatic carbocycles. The van der Waals surface area contributed by atoms with Crippen molar-refractivity contribution in [1.82, 2.24) is 3.97 Å². The number of fused-ring (bicyclic) bond motifs is 4. The van der Waals surface area contributed by atoms with Gasteiger partial charge in [-0.25, -0.2) is 8.42 Å². The summed E-state index contributed by atoms with van der Waals surface area (Å²) in [7, 11) is -3.80. The van der Waals surface area contributed by atoms with Crippen molar-refractivity contribution in [2.24, 2.45) is 0 Å². The summed E-state index contributed by atoms with van der Waals surface area (Å²) in [5, 5.41) is 1.22. The number of nitrogens with zero attached hydrogens (tertiary/aromatic N) is 1. The second-order valence-electron chi connectivity index (χ2n) is 5.14. The summed E-state index contributed by atoms with van der Waals surface area (Å²) in [6.07, 6.45) is 0. The molecular weight excluding hydrogens is 286 g/mol. The smallest absolute Gasteiger partial charge is 0.268 e. The third-order valence-corrected chi connectivity index (χ3v) is 5.65. The summed E-state index contributed by atoms with van der Waals surface area (Å²) in [5.41, 5.74) is 1.32. The highest BCUT2D eigenvalue weighted by molar-refractivity contribution is 7.90. The maximum atomic E-state index is 12.7. The second-order valence-corrected chi connectivity index (χ2v) is 6.89. The first kappa shape index (κ1) is 12.3. The van der Waals surface area contributed by atoms with Crippen LogP contribution in [-0.2, 0) is 10.0 Å². The fourth-order valence-corrected chi connectivity index (χ4v) is 4.56. The van der Waals surface area contributed by atoms with Gasteiger partial charge >= 0.3 is 0 Å². The highest BCUT2D eigenvalue weighted by atomic mass is 32.2. The van der Waals surface area contributed by atoms with Crippen molar-refractivity contribution >= 4 is 20.8 Å². The fraction of sp³-hybridized carbons (Fsp3) is 0.0625. The molecule has 0 spiro atoms. The molecule has 1 aliphatic heterocycles. The topological polar surface area (TPSA) is 56.1 Å². The lowest BCUT2D eigenvalue weighted by molar-refractivity contribution is 0.590. The number of aryl methyl sites for hydroxylation is 1.